The van der Waals surface area contributed by atoms with E-state index in [1.807, 2.05) is 0 Å². The van der Waals surface area contributed by atoms with Crippen LogP contribution in [-0.4, -0.2) is 17.2 Å². The van der Waals surface area contributed by atoms with Gasteiger partial charge in [-0.2, -0.15) is 0 Å². The summed E-state index contributed by atoms with van der Waals surface area (Å²) in [5, 5.41) is 8.38. The van der Waals surface area contributed by atoms with Crippen molar-refractivity contribution < 1.29 is 39.1 Å². The summed E-state index contributed by atoms with van der Waals surface area (Å²) in [6, 6.07) is 0. The van der Waals surface area contributed by atoms with Gasteiger partial charge in [-0.3, -0.25) is 0 Å². The second kappa shape index (κ2) is 3.38. The van der Waals surface area contributed by atoms with Gasteiger partial charge < -0.3 is 0 Å². The van der Waals surface area contributed by atoms with Crippen LogP contribution < -0.4 is 0 Å². The van der Waals surface area contributed by atoms with Gasteiger partial charge in [-0.25, -0.2) is 0 Å². The van der Waals surface area contributed by atoms with E-state index < -0.39 is 12.1 Å². The van der Waals surface area contributed by atoms with Crippen LogP contribution in [0.2, 0.25) is 0 Å². The Balaban J connectivity index is 3.35. The molecule has 0 bridgehead atoms. The van der Waals surface area contributed by atoms with Crippen molar-refractivity contribution in [2.24, 2.45) is 0 Å². The molecule has 0 rings (SSSR count). The van der Waals surface area contributed by atoms with Crippen LogP contribution in [0.5, 0.6) is 0 Å². The third-order valence-corrected chi connectivity index (χ3v) is 1.59. The molecule has 0 aromatic carbocycles. The van der Waals surface area contributed by atoms with E-state index in [0.717, 1.165) is 0 Å². The van der Waals surface area contributed by atoms with E-state index in [9.17, 15) is 4.79 Å². The molecular weight excluding hydrogens is 285 g/mol. The van der Waals surface area contributed by atoms with Gasteiger partial charge in [0.05, 0.1) is 0 Å². The van der Waals surface area contributed by atoms with Gasteiger partial charge in [0.1, 0.15) is 0 Å². The predicted octanol–water partition coefficient (Wildman–Crippen LogP) is -0.628. The van der Waals surface area contributed by atoms with Gasteiger partial charge in [0.2, 0.25) is 0 Å². The Morgan fingerprint density at radius 3 is 2.43 bits per heavy atom. The Hall–Kier alpha value is 0.365. The zero-order valence-corrected chi connectivity index (χ0v) is 9.55. The van der Waals surface area contributed by atoms with Gasteiger partial charge in [0.25, 0.3) is 0 Å². The van der Waals surface area contributed by atoms with Crippen LogP contribution in [0.1, 0.15) is 6.92 Å². The number of carbonyl (C=O) groups excluding carboxylic acids is 1. The van der Waals surface area contributed by atoms with Crippen molar-refractivity contribution in [1.29, 1.82) is 0 Å². The van der Waals surface area contributed by atoms with Crippen LogP contribution in [0.15, 0.2) is 0 Å². The monoisotopic (exact) mass is 291 g/mol. The molecule has 0 aliphatic rings. The van der Waals surface area contributed by atoms with Crippen molar-refractivity contribution in [2.75, 3.05) is 0 Å². The third-order valence-electron chi connectivity index (χ3n) is 0.483. The van der Waals surface area contributed by atoms with E-state index in [0.29, 0.717) is 0 Å². The molecule has 0 aromatic rings. The Labute approximate surface area is 58.3 Å². The van der Waals surface area contributed by atoms with Gasteiger partial charge in [0.15, 0.2) is 0 Å². The third kappa shape index (κ3) is 2.99. The van der Waals surface area contributed by atoms with E-state index in [2.05, 4.69) is 2.64 Å². The summed E-state index contributed by atoms with van der Waals surface area (Å²) in [6.45, 7) is 1.38. The molecule has 0 aromatic heterocycles. The van der Waals surface area contributed by atoms with Crippen LogP contribution >= 0.6 is 0 Å². The molecule has 0 saturated carbocycles. The average Bonchev–Trinajstić information content (AvgIpc) is 1.65. The first-order valence-corrected chi connectivity index (χ1v) is 4.07. The molecule has 0 radical (unpaired) electrons. The number of carbonyl (C=O) groups is 1. The van der Waals surface area contributed by atoms with Crippen LogP contribution in [0, 0.1) is 0 Å². The van der Waals surface area contributed by atoms with Crippen molar-refractivity contribution >= 4 is 5.97 Å². The summed E-state index contributed by atoms with van der Waals surface area (Å²) in [5.41, 5.74) is 0. The summed E-state index contributed by atoms with van der Waals surface area (Å²) in [4.78, 5) is 10.1. The minimum atomic E-state index is -0.947. The first kappa shape index (κ1) is 7.37. The SMILES string of the molecule is CC(O)C(=O)[O][Hg]. The molecule has 1 atom stereocenters. The summed E-state index contributed by atoms with van der Waals surface area (Å²) < 4.78 is 4.32. The molecule has 1 unspecified atom stereocenters. The van der Waals surface area contributed by atoms with Crippen LogP contribution in [0.3, 0.4) is 0 Å². The standard InChI is InChI=1S/C3H6O3.Hg/c1-2(4)3(5)6;/h2,4H,1H3,(H,5,6);/q;+1/p-1. The van der Waals surface area contributed by atoms with E-state index >= 15 is 0 Å². The van der Waals surface area contributed by atoms with E-state index in [1.54, 1.807) is 0 Å². The van der Waals surface area contributed by atoms with Crippen LogP contribution in [0.4, 0.5) is 0 Å². The number of hydrogen-bond donors (Lipinski definition) is 1. The molecule has 0 spiro atoms. The summed E-state index contributed by atoms with van der Waals surface area (Å²) in [5.74, 6) is -0.511. The van der Waals surface area contributed by atoms with Gasteiger partial charge in [-0.1, -0.05) is 0 Å². The molecule has 4 heteroatoms. The first-order chi connectivity index (χ1) is 3.18. The van der Waals surface area contributed by atoms with E-state index in [4.69, 9.17) is 5.11 Å². The number of aliphatic hydroxyl groups excluding tert-OH is 1. The molecule has 37 valence electrons. The molecule has 1 N–H and O–H groups in total. The van der Waals surface area contributed by atoms with Crippen molar-refractivity contribution in [3.05, 3.63) is 0 Å². The van der Waals surface area contributed by atoms with Gasteiger partial charge in [-0.05, 0) is 0 Å². The molecule has 0 aliphatic heterocycles. The number of hydrogen-bond acceptors (Lipinski definition) is 3. The fourth-order valence-electron chi connectivity index (χ4n) is 0.121. The molecule has 3 nitrogen and oxygen atoms in total. The van der Waals surface area contributed by atoms with Gasteiger partial charge in [-0.15, -0.1) is 0 Å². The molecule has 0 fully saturated rings. The molecular formula is C3H5HgO3. The normalized spacial score (nSPS) is 13.1. The fraction of sp³-hybridized carbons (Fsp3) is 0.667. The molecule has 0 amide bonds. The Morgan fingerprint density at radius 1 is 2.00 bits per heavy atom. The second-order valence-electron chi connectivity index (χ2n) is 1.14. The van der Waals surface area contributed by atoms with E-state index in [1.165, 1.54) is 6.92 Å². The second-order valence-corrected chi connectivity index (χ2v) is 2.26. The summed E-state index contributed by atoms with van der Waals surface area (Å²) in [7, 11) is 0. The van der Waals surface area contributed by atoms with Crippen molar-refractivity contribution in [1.82, 2.24) is 0 Å². The molecule has 0 saturated heterocycles. The van der Waals surface area contributed by atoms with Crippen LogP contribution in [0.25, 0.3) is 0 Å². The topological polar surface area (TPSA) is 46.5 Å². The molecule has 7 heavy (non-hydrogen) atoms. The van der Waals surface area contributed by atoms with Crippen molar-refractivity contribution in [3.63, 3.8) is 0 Å². The van der Waals surface area contributed by atoms with Gasteiger partial charge in [0, 0.05) is 0 Å². The minimum absolute atomic E-state index is 0.0131. The Bertz CT molecular complexity index is 70.6. The van der Waals surface area contributed by atoms with Gasteiger partial charge >= 0.3 is 58.1 Å². The average molecular weight is 290 g/mol. The van der Waals surface area contributed by atoms with Crippen molar-refractivity contribution in [3.8, 4) is 0 Å². The summed E-state index contributed by atoms with van der Waals surface area (Å²) in [6.07, 6.45) is -0.947. The van der Waals surface area contributed by atoms with E-state index in [-0.39, 0.29) is 26.6 Å². The maximum absolute atomic E-state index is 10.1. The number of rotatable bonds is 1. The maximum atomic E-state index is 10.1. The number of aliphatic hydroxyl groups is 1. The summed E-state index contributed by atoms with van der Waals surface area (Å²) >= 11 is 0.0131. The first-order valence-electron chi connectivity index (χ1n) is 1.82. The zero-order valence-electron chi connectivity index (χ0n) is 4.05. The zero-order chi connectivity index (χ0) is 5.86. The molecule has 0 heterocycles. The quantitative estimate of drug-likeness (QED) is 0.654. The fourth-order valence-corrected chi connectivity index (χ4v) is 1.06. The molecule has 0 aliphatic carbocycles. The predicted molar refractivity (Wildman–Crippen MR) is 17.8 cm³/mol. The Morgan fingerprint density at radius 2 is 2.43 bits per heavy atom. The van der Waals surface area contributed by atoms with Crippen molar-refractivity contribution in [2.45, 2.75) is 13.0 Å². The Kier molecular flexibility index (Phi) is 3.55. The van der Waals surface area contributed by atoms with Crippen LogP contribution in [-0.2, 0) is 34.0 Å².